The molecule has 1 aromatic heterocycles. The molecule has 0 aliphatic carbocycles. The highest BCUT2D eigenvalue weighted by molar-refractivity contribution is 5.78. The second-order valence-electron chi connectivity index (χ2n) is 5.97. The summed E-state index contributed by atoms with van der Waals surface area (Å²) >= 11 is 0. The van der Waals surface area contributed by atoms with E-state index in [9.17, 15) is 9.18 Å². The minimum absolute atomic E-state index is 0.0885. The summed E-state index contributed by atoms with van der Waals surface area (Å²) in [7, 11) is 0. The molecular weight excluding hydrogens is 331 g/mol. The van der Waals surface area contributed by atoms with Crippen LogP contribution in [0.2, 0.25) is 0 Å². The zero-order chi connectivity index (χ0) is 18.4. The highest BCUT2D eigenvalue weighted by Crippen LogP contribution is 2.23. The third kappa shape index (κ3) is 4.89. The van der Waals surface area contributed by atoms with Crippen molar-refractivity contribution < 1.29 is 13.9 Å². The maximum absolute atomic E-state index is 13.3. The number of benzene rings is 2. The molecule has 0 unspecified atom stereocenters. The lowest BCUT2D eigenvalue weighted by Crippen LogP contribution is -2.24. The molecule has 0 atom stereocenters. The van der Waals surface area contributed by atoms with Crippen molar-refractivity contribution in [1.29, 1.82) is 0 Å². The lowest BCUT2D eigenvalue weighted by Gasteiger charge is -2.11. The van der Waals surface area contributed by atoms with E-state index in [1.54, 1.807) is 24.4 Å². The third-order valence-corrected chi connectivity index (χ3v) is 3.82. The zero-order valence-corrected chi connectivity index (χ0v) is 14.4. The highest BCUT2D eigenvalue weighted by Gasteiger charge is 2.09. The highest BCUT2D eigenvalue weighted by atomic mass is 19.1. The van der Waals surface area contributed by atoms with Gasteiger partial charge >= 0.3 is 0 Å². The molecule has 3 rings (SSSR count). The number of ether oxygens (including phenoxy) is 1. The molecule has 0 fully saturated rings. The Morgan fingerprint density at radius 3 is 2.69 bits per heavy atom. The Morgan fingerprint density at radius 2 is 1.92 bits per heavy atom. The maximum Gasteiger partial charge on any atom is 0.224 e. The molecule has 0 radical (unpaired) electrons. The van der Waals surface area contributed by atoms with Crippen molar-refractivity contribution in [2.45, 2.75) is 19.9 Å². The summed E-state index contributed by atoms with van der Waals surface area (Å²) in [6.45, 7) is 2.29. The van der Waals surface area contributed by atoms with Crippen LogP contribution >= 0.6 is 0 Å². The second kappa shape index (κ2) is 8.25. The minimum atomic E-state index is -0.383. The SMILES string of the molecule is Cc1ccc(CC(=O)NCc2cccnc2Oc2cccc(F)c2)cc1. The van der Waals surface area contributed by atoms with Crippen molar-refractivity contribution in [3.63, 3.8) is 0 Å². The van der Waals surface area contributed by atoms with Gasteiger partial charge in [0.25, 0.3) is 0 Å². The molecule has 0 aliphatic heterocycles. The van der Waals surface area contributed by atoms with Crippen molar-refractivity contribution in [1.82, 2.24) is 10.3 Å². The van der Waals surface area contributed by atoms with E-state index in [0.717, 1.165) is 11.1 Å². The molecule has 0 aliphatic rings. The maximum atomic E-state index is 13.3. The summed E-state index contributed by atoms with van der Waals surface area (Å²) in [5.74, 6) is 0.227. The van der Waals surface area contributed by atoms with Gasteiger partial charge in [-0.25, -0.2) is 9.37 Å². The van der Waals surface area contributed by atoms with Gasteiger partial charge in [-0.3, -0.25) is 4.79 Å². The molecule has 5 heteroatoms. The Bertz CT molecular complexity index is 895. The Labute approximate surface area is 151 Å². The zero-order valence-electron chi connectivity index (χ0n) is 14.4. The Kier molecular flexibility index (Phi) is 5.59. The van der Waals surface area contributed by atoms with Crippen LogP contribution in [0.25, 0.3) is 0 Å². The summed E-state index contributed by atoms with van der Waals surface area (Å²) in [5, 5.41) is 2.87. The summed E-state index contributed by atoms with van der Waals surface area (Å²) in [5.41, 5.74) is 2.83. The van der Waals surface area contributed by atoms with Gasteiger partial charge in [0.15, 0.2) is 0 Å². The fourth-order valence-corrected chi connectivity index (χ4v) is 2.44. The number of carbonyl (C=O) groups excluding carboxylic acids is 1. The molecule has 1 N–H and O–H groups in total. The number of carbonyl (C=O) groups is 1. The predicted octanol–water partition coefficient (Wildman–Crippen LogP) is 4.18. The largest absolute Gasteiger partial charge is 0.439 e. The molecule has 4 nitrogen and oxygen atoms in total. The van der Waals surface area contributed by atoms with Crippen molar-refractivity contribution in [2.24, 2.45) is 0 Å². The van der Waals surface area contributed by atoms with Crippen LogP contribution in [0.1, 0.15) is 16.7 Å². The van der Waals surface area contributed by atoms with Crippen LogP contribution < -0.4 is 10.1 Å². The van der Waals surface area contributed by atoms with Crippen molar-refractivity contribution in [2.75, 3.05) is 0 Å². The topological polar surface area (TPSA) is 51.2 Å². The normalized spacial score (nSPS) is 10.4. The average Bonchev–Trinajstić information content (AvgIpc) is 2.63. The van der Waals surface area contributed by atoms with Crippen LogP contribution in [0.5, 0.6) is 11.6 Å². The lowest BCUT2D eigenvalue weighted by atomic mass is 10.1. The van der Waals surface area contributed by atoms with Crippen molar-refractivity contribution in [3.05, 3.63) is 89.4 Å². The molecule has 0 saturated heterocycles. The fourth-order valence-electron chi connectivity index (χ4n) is 2.44. The molecule has 1 amide bonds. The monoisotopic (exact) mass is 350 g/mol. The van der Waals surface area contributed by atoms with Crippen LogP contribution in [0.15, 0.2) is 66.9 Å². The summed E-state index contributed by atoms with van der Waals surface area (Å²) in [6.07, 6.45) is 1.90. The molecule has 0 spiro atoms. The van der Waals surface area contributed by atoms with Gasteiger partial charge in [0.05, 0.1) is 6.42 Å². The van der Waals surface area contributed by atoms with Gasteiger partial charge in [0.2, 0.25) is 11.8 Å². The van der Waals surface area contributed by atoms with Gasteiger partial charge in [-0.1, -0.05) is 42.0 Å². The number of halogens is 1. The Hall–Kier alpha value is -3.21. The summed E-state index contributed by atoms with van der Waals surface area (Å²) in [4.78, 5) is 16.3. The van der Waals surface area contributed by atoms with Gasteiger partial charge in [-0.05, 0) is 30.7 Å². The Balaban J connectivity index is 1.62. The van der Waals surface area contributed by atoms with E-state index in [0.29, 0.717) is 23.6 Å². The Morgan fingerprint density at radius 1 is 1.12 bits per heavy atom. The minimum Gasteiger partial charge on any atom is -0.439 e. The lowest BCUT2D eigenvalue weighted by molar-refractivity contribution is -0.120. The van der Waals surface area contributed by atoms with E-state index in [1.807, 2.05) is 37.3 Å². The number of nitrogens with zero attached hydrogens (tertiary/aromatic N) is 1. The number of nitrogens with one attached hydrogen (secondary N) is 1. The van der Waals surface area contributed by atoms with Gasteiger partial charge in [-0.15, -0.1) is 0 Å². The van der Waals surface area contributed by atoms with Crippen molar-refractivity contribution in [3.8, 4) is 11.6 Å². The number of aromatic nitrogens is 1. The fraction of sp³-hybridized carbons (Fsp3) is 0.143. The number of hydrogen-bond acceptors (Lipinski definition) is 3. The van der Waals surface area contributed by atoms with E-state index in [4.69, 9.17) is 4.74 Å². The van der Waals surface area contributed by atoms with E-state index in [-0.39, 0.29) is 18.3 Å². The molecule has 3 aromatic rings. The summed E-state index contributed by atoms with van der Waals surface area (Å²) < 4.78 is 19.0. The van der Waals surface area contributed by atoms with Crippen LogP contribution in [0.4, 0.5) is 4.39 Å². The van der Waals surface area contributed by atoms with Gasteiger partial charge in [-0.2, -0.15) is 0 Å². The first kappa shape index (κ1) is 17.6. The molecule has 0 saturated carbocycles. The van der Waals surface area contributed by atoms with Crippen LogP contribution in [-0.2, 0) is 17.8 Å². The molecule has 1 heterocycles. The third-order valence-electron chi connectivity index (χ3n) is 3.82. The first-order valence-electron chi connectivity index (χ1n) is 8.30. The summed E-state index contributed by atoms with van der Waals surface area (Å²) in [6, 6.07) is 17.3. The van der Waals surface area contributed by atoms with Gasteiger partial charge in [0, 0.05) is 24.4 Å². The molecule has 0 bridgehead atoms. The average molecular weight is 350 g/mol. The first-order chi connectivity index (χ1) is 12.6. The van der Waals surface area contributed by atoms with E-state index in [1.165, 1.54) is 12.1 Å². The van der Waals surface area contributed by atoms with Crippen LogP contribution in [0.3, 0.4) is 0 Å². The smallest absolute Gasteiger partial charge is 0.224 e. The molecule has 2 aromatic carbocycles. The quantitative estimate of drug-likeness (QED) is 0.725. The molecule has 26 heavy (non-hydrogen) atoms. The van der Waals surface area contributed by atoms with E-state index < -0.39 is 0 Å². The van der Waals surface area contributed by atoms with Gasteiger partial charge < -0.3 is 10.1 Å². The van der Waals surface area contributed by atoms with Crippen LogP contribution in [0, 0.1) is 12.7 Å². The molecule has 132 valence electrons. The molecular formula is C21H19FN2O2. The second-order valence-corrected chi connectivity index (χ2v) is 5.97. The number of pyridine rings is 1. The van der Waals surface area contributed by atoms with Crippen LogP contribution in [-0.4, -0.2) is 10.9 Å². The number of rotatable bonds is 6. The predicted molar refractivity (Wildman–Crippen MR) is 97.4 cm³/mol. The van der Waals surface area contributed by atoms with Gasteiger partial charge in [0.1, 0.15) is 11.6 Å². The van der Waals surface area contributed by atoms with Crippen molar-refractivity contribution >= 4 is 5.91 Å². The first-order valence-corrected chi connectivity index (χ1v) is 8.30. The van der Waals surface area contributed by atoms with E-state index >= 15 is 0 Å². The standard InChI is InChI=1S/C21H19FN2O2/c1-15-7-9-16(10-8-15)12-20(25)24-14-17-4-3-11-23-21(17)26-19-6-2-5-18(22)13-19/h2-11,13H,12,14H2,1H3,(H,24,25). The van der Waals surface area contributed by atoms with E-state index in [2.05, 4.69) is 10.3 Å². The number of aryl methyl sites for hydroxylation is 1. The number of amides is 1. The number of hydrogen-bond donors (Lipinski definition) is 1.